The summed E-state index contributed by atoms with van der Waals surface area (Å²) in [5.74, 6) is 1.04. The van der Waals surface area contributed by atoms with Crippen LogP contribution in [-0.2, 0) is 17.9 Å². The third-order valence-electron chi connectivity index (χ3n) is 4.32. The largest absolute Gasteiger partial charge is 0.494 e. The van der Waals surface area contributed by atoms with Crippen LogP contribution in [0.25, 0.3) is 0 Å². The zero-order valence-corrected chi connectivity index (χ0v) is 14.9. The summed E-state index contributed by atoms with van der Waals surface area (Å²) in [7, 11) is 1.47. The molecule has 1 aromatic carbocycles. The fraction of sp³-hybridized carbons (Fsp3) is 0.556. The zero-order chi connectivity index (χ0) is 17.8. The highest BCUT2D eigenvalue weighted by atomic mass is 19.1. The van der Waals surface area contributed by atoms with Crippen molar-refractivity contribution in [3.63, 3.8) is 0 Å². The van der Waals surface area contributed by atoms with Gasteiger partial charge in [-0.15, -0.1) is 0 Å². The first-order chi connectivity index (χ1) is 12.1. The van der Waals surface area contributed by atoms with Crippen LogP contribution in [0.15, 0.2) is 22.7 Å². The molecular weight excluding hydrogens is 325 g/mol. The van der Waals surface area contributed by atoms with Crippen molar-refractivity contribution < 1.29 is 18.4 Å². The molecule has 0 N–H and O–H groups in total. The normalized spacial score (nSPS) is 18.2. The van der Waals surface area contributed by atoms with Crippen molar-refractivity contribution in [1.82, 2.24) is 15.0 Å². The van der Waals surface area contributed by atoms with E-state index in [9.17, 15) is 4.39 Å². The molecule has 1 atom stereocenters. The summed E-state index contributed by atoms with van der Waals surface area (Å²) >= 11 is 0. The quantitative estimate of drug-likeness (QED) is 0.763. The Labute approximate surface area is 146 Å². The molecule has 1 fully saturated rings. The highest BCUT2D eigenvalue weighted by Gasteiger charge is 2.28. The average molecular weight is 349 g/mol. The molecule has 136 valence electrons. The molecule has 0 saturated carbocycles. The molecule has 25 heavy (non-hydrogen) atoms. The Bertz CT molecular complexity index is 705. The lowest BCUT2D eigenvalue weighted by Gasteiger charge is -2.23. The molecule has 2 aromatic rings. The van der Waals surface area contributed by atoms with E-state index in [1.165, 1.54) is 7.11 Å². The molecule has 0 amide bonds. The third kappa shape index (κ3) is 4.35. The van der Waals surface area contributed by atoms with Gasteiger partial charge in [0.2, 0.25) is 5.89 Å². The van der Waals surface area contributed by atoms with E-state index in [1.54, 1.807) is 12.1 Å². The van der Waals surface area contributed by atoms with Gasteiger partial charge in [0.1, 0.15) is 6.61 Å². The Morgan fingerprint density at radius 1 is 1.40 bits per heavy atom. The van der Waals surface area contributed by atoms with E-state index in [-0.39, 0.29) is 23.7 Å². The average Bonchev–Trinajstić information content (AvgIpc) is 3.22. The van der Waals surface area contributed by atoms with Crippen molar-refractivity contribution in [3.8, 4) is 5.75 Å². The number of halogens is 1. The van der Waals surface area contributed by atoms with Crippen molar-refractivity contribution in [3.05, 3.63) is 41.3 Å². The van der Waals surface area contributed by atoms with E-state index in [2.05, 4.69) is 15.0 Å². The number of methoxy groups -OCH3 is 1. The number of rotatable bonds is 7. The lowest BCUT2D eigenvalue weighted by molar-refractivity contribution is 0.0601. The minimum Gasteiger partial charge on any atom is -0.494 e. The number of nitrogens with zero attached hydrogens (tertiary/aromatic N) is 3. The lowest BCUT2D eigenvalue weighted by atomic mass is 10.0. The van der Waals surface area contributed by atoms with E-state index < -0.39 is 0 Å². The van der Waals surface area contributed by atoms with Crippen molar-refractivity contribution in [2.75, 3.05) is 13.7 Å². The van der Waals surface area contributed by atoms with E-state index >= 15 is 0 Å². The zero-order valence-electron chi connectivity index (χ0n) is 14.9. The lowest BCUT2D eigenvalue weighted by Crippen LogP contribution is -2.23. The van der Waals surface area contributed by atoms with Crippen LogP contribution >= 0.6 is 0 Å². The Kier molecular flexibility index (Phi) is 5.65. The number of likely N-dealkylation sites (tertiary alicyclic amines) is 1. The van der Waals surface area contributed by atoms with Gasteiger partial charge < -0.3 is 14.0 Å². The van der Waals surface area contributed by atoms with Crippen LogP contribution in [0, 0.1) is 5.82 Å². The molecule has 7 heteroatoms. The van der Waals surface area contributed by atoms with E-state index in [1.807, 2.05) is 19.9 Å². The summed E-state index contributed by atoms with van der Waals surface area (Å²) in [6.45, 7) is 5.73. The molecule has 3 rings (SSSR count). The first-order valence-corrected chi connectivity index (χ1v) is 8.57. The molecule has 1 aromatic heterocycles. The molecule has 1 aliphatic rings. The highest BCUT2D eigenvalue weighted by molar-refractivity contribution is 5.31. The maximum Gasteiger partial charge on any atom is 0.240 e. The van der Waals surface area contributed by atoms with Gasteiger partial charge in [0.25, 0.3) is 0 Å². The van der Waals surface area contributed by atoms with Crippen LogP contribution in [0.5, 0.6) is 5.75 Å². The second-order valence-corrected chi connectivity index (χ2v) is 6.49. The topological polar surface area (TPSA) is 60.6 Å². The van der Waals surface area contributed by atoms with Gasteiger partial charge in [0.05, 0.1) is 19.8 Å². The molecule has 2 heterocycles. The molecule has 1 unspecified atom stereocenters. The first-order valence-electron chi connectivity index (χ1n) is 8.57. The van der Waals surface area contributed by atoms with Crippen LogP contribution in [0.3, 0.4) is 0 Å². The van der Waals surface area contributed by atoms with Crippen molar-refractivity contribution >= 4 is 0 Å². The Hall–Kier alpha value is -1.99. The second-order valence-electron chi connectivity index (χ2n) is 6.49. The summed E-state index contributed by atoms with van der Waals surface area (Å²) in [5.41, 5.74) is 0.943. The molecule has 0 spiro atoms. The molecule has 0 aliphatic carbocycles. The van der Waals surface area contributed by atoms with Gasteiger partial charge in [-0.25, -0.2) is 4.39 Å². The molecule has 1 aliphatic heterocycles. The Balaban J connectivity index is 1.67. The van der Waals surface area contributed by atoms with Gasteiger partial charge >= 0.3 is 0 Å². The SMILES string of the molecule is COc1ccc(C2CCCN2Cc2nc(COC(C)C)no2)cc1F. The van der Waals surface area contributed by atoms with Crippen LogP contribution < -0.4 is 4.74 Å². The first kappa shape index (κ1) is 17.8. The van der Waals surface area contributed by atoms with E-state index in [4.69, 9.17) is 14.0 Å². The number of hydrogen-bond donors (Lipinski definition) is 0. The van der Waals surface area contributed by atoms with Crippen molar-refractivity contribution in [2.45, 2.75) is 52.0 Å². The van der Waals surface area contributed by atoms with Crippen molar-refractivity contribution in [2.24, 2.45) is 0 Å². The summed E-state index contributed by atoms with van der Waals surface area (Å²) in [6.07, 6.45) is 2.15. The van der Waals surface area contributed by atoms with Gasteiger partial charge in [-0.1, -0.05) is 11.2 Å². The van der Waals surface area contributed by atoms with Crippen LogP contribution in [0.2, 0.25) is 0 Å². The van der Waals surface area contributed by atoms with Gasteiger partial charge in [-0.05, 0) is 50.9 Å². The number of benzene rings is 1. The third-order valence-corrected chi connectivity index (χ3v) is 4.32. The fourth-order valence-corrected chi connectivity index (χ4v) is 3.11. The van der Waals surface area contributed by atoms with Crippen LogP contribution in [-0.4, -0.2) is 34.8 Å². The maximum atomic E-state index is 14.0. The summed E-state index contributed by atoms with van der Waals surface area (Å²) in [5, 5.41) is 3.95. The van der Waals surface area contributed by atoms with E-state index in [0.717, 1.165) is 24.9 Å². The fourth-order valence-electron chi connectivity index (χ4n) is 3.11. The number of hydrogen-bond acceptors (Lipinski definition) is 6. The minimum atomic E-state index is -0.335. The van der Waals surface area contributed by atoms with Crippen molar-refractivity contribution in [1.29, 1.82) is 0 Å². The van der Waals surface area contributed by atoms with Gasteiger partial charge in [0, 0.05) is 6.04 Å². The predicted octanol–water partition coefficient (Wildman–Crippen LogP) is 3.48. The molecular formula is C18H24FN3O3. The molecule has 6 nitrogen and oxygen atoms in total. The van der Waals surface area contributed by atoms with E-state index in [0.29, 0.717) is 24.9 Å². The maximum absolute atomic E-state index is 14.0. The highest BCUT2D eigenvalue weighted by Crippen LogP contribution is 2.34. The molecule has 1 saturated heterocycles. The summed E-state index contributed by atoms with van der Waals surface area (Å²) < 4.78 is 29.8. The van der Waals surface area contributed by atoms with Gasteiger partial charge in [-0.3, -0.25) is 4.90 Å². The van der Waals surface area contributed by atoms with Crippen LogP contribution in [0.4, 0.5) is 4.39 Å². The van der Waals surface area contributed by atoms with Gasteiger partial charge in [0.15, 0.2) is 17.4 Å². The molecule has 0 radical (unpaired) electrons. The Morgan fingerprint density at radius 2 is 2.24 bits per heavy atom. The summed E-state index contributed by atoms with van der Waals surface area (Å²) in [4.78, 5) is 6.62. The second kappa shape index (κ2) is 7.93. The van der Waals surface area contributed by atoms with Gasteiger partial charge in [-0.2, -0.15) is 4.98 Å². The van der Waals surface area contributed by atoms with Crippen LogP contribution in [0.1, 0.15) is 50.0 Å². The minimum absolute atomic E-state index is 0.120. The summed E-state index contributed by atoms with van der Waals surface area (Å²) in [6, 6.07) is 5.29. The Morgan fingerprint density at radius 3 is 2.96 bits per heavy atom. The predicted molar refractivity (Wildman–Crippen MR) is 89.6 cm³/mol. The number of aromatic nitrogens is 2. The smallest absolute Gasteiger partial charge is 0.240 e. The molecule has 0 bridgehead atoms. The number of ether oxygens (including phenoxy) is 2. The monoisotopic (exact) mass is 349 g/mol. The standard InChI is InChI=1S/C18H24FN3O3/c1-12(2)24-11-17-20-18(25-21-17)10-22-8-4-5-15(22)13-6-7-16(23-3)14(19)9-13/h6-7,9,12,15H,4-5,8,10-11H2,1-3H3.